The molecule has 2 rings (SSSR count). The summed E-state index contributed by atoms with van der Waals surface area (Å²) in [5.41, 5.74) is 0.807. The number of ether oxygens (including phenoxy) is 1. The molecule has 0 aliphatic heterocycles. The van der Waals surface area contributed by atoms with Gasteiger partial charge in [0.15, 0.2) is 0 Å². The van der Waals surface area contributed by atoms with Gasteiger partial charge in [0.25, 0.3) is 0 Å². The maximum atomic E-state index is 11.0. The van der Waals surface area contributed by atoms with Crippen LogP contribution in [0.25, 0.3) is 0 Å². The van der Waals surface area contributed by atoms with Gasteiger partial charge < -0.3 is 9.84 Å². The molecule has 88 valence electrons. The van der Waals surface area contributed by atoms with E-state index in [0.29, 0.717) is 5.88 Å². The summed E-state index contributed by atoms with van der Waals surface area (Å²) in [5, 5.41) is 13.1. The Morgan fingerprint density at radius 2 is 2.29 bits per heavy atom. The Labute approximate surface area is 97.5 Å². The molecule has 0 unspecified atom stereocenters. The lowest BCUT2D eigenvalue weighted by atomic mass is 10.3. The van der Waals surface area contributed by atoms with Crippen LogP contribution < -0.4 is 4.74 Å². The van der Waals surface area contributed by atoms with Crippen molar-refractivity contribution in [3.8, 4) is 11.8 Å². The first-order valence-electron chi connectivity index (χ1n) is 4.94. The third-order valence-electron chi connectivity index (χ3n) is 2.16. The minimum atomic E-state index is -1.08. The number of hydrogen-bond donors (Lipinski definition) is 1. The molecule has 0 aliphatic rings. The Bertz CT molecular complexity index is 563. The summed E-state index contributed by atoms with van der Waals surface area (Å²) in [7, 11) is 1.71. The molecule has 0 amide bonds. The Balaban J connectivity index is 2.36. The van der Waals surface area contributed by atoms with Crippen LogP contribution in [0.5, 0.6) is 11.8 Å². The van der Waals surface area contributed by atoms with E-state index in [1.165, 1.54) is 16.9 Å². The number of aryl methyl sites for hydroxylation is 2. The number of aromatic carboxylic acids is 1. The molecule has 0 saturated heterocycles. The molecule has 0 atom stereocenters. The quantitative estimate of drug-likeness (QED) is 0.871. The number of carboxylic acids is 1. The maximum absolute atomic E-state index is 11.0. The third-order valence-corrected chi connectivity index (χ3v) is 2.16. The highest BCUT2D eigenvalue weighted by Crippen LogP contribution is 2.22. The average molecular weight is 233 g/mol. The number of pyridine rings is 1. The van der Waals surface area contributed by atoms with Gasteiger partial charge in [-0.3, -0.25) is 0 Å². The van der Waals surface area contributed by atoms with Crippen LogP contribution in [0.3, 0.4) is 0 Å². The van der Waals surface area contributed by atoms with Crippen molar-refractivity contribution >= 4 is 5.97 Å². The standard InChI is InChI=1S/C11H11N3O3/c1-7-6-9(14(2)13-7)17-10-8(11(15)16)4-3-5-12-10/h3-6H,1-2H3,(H,15,16). The number of nitrogens with zero attached hydrogens (tertiary/aromatic N) is 3. The van der Waals surface area contributed by atoms with E-state index in [1.54, 1.807) is 19.2 Å². The second-order valence-corrected chi connectivity index (χ2v) is 3.51. The first-order chi connectivity index (χ1) is 8.08. The molecule has 1 N–H and O–H groups in total. The van der Waals surface area contributed by atoms with E-state index in [4.69, 9.17) is 9.84 Å². The van der Waals surface area contributed by atoms with E-state index in [2.05, 4.69) is 10.1 Å². The van der Waals surface area contributed by atoms with Gasteiger partial charge in [-0.15, -0.1) is 0 Å². The van der Waals surface area contributed by atoms with Gasteiger partial charge in [0.2, 0.25) is 11.8 Å². The SMILES string of the molecule is Cc1cc(Oc2ncccc2C(=O)O)n(C)n1. The van der Waals surface area contributed by atoms with Crippen molar-refractivity contribution in [1.29, 1.82) is 0 Å². The van der Waals surface area contributed by atoms with Crippen LogP contribution in [0.4, 0.5) is 0 Å². The lowest BCUT2D eigenvalue weighted by Crippen LogP contribution is -2.03. The van der Waals surface area contributed by atoms with Crippen LogP contribution >= 0.6 is 0 Å². The van der Waals surface area contributed by atoms with Crippen molar-refractivity contribution in [1.82, 2.24) is 14.8 Å². The molecule has 0 spiro atoms. The Hall–Kier alpha value is -2.37. The van der Waals surface area contributed by atoms with Gasteiger partial charge in [-0.05, 0) is 19.1 Å². The molecular weight excluding hydrogens is 222 g/mol. The molecule has 0 aromatic carbocycles. The van der Waals surface area contributed by atoms with Crippen molar-refractivity contribution in [3.63, 3.8) is 0 Å². The minimum absolute atomic E-state index is 0.0198. The van der Waals surface area contributed by atoms with Gasteiger partial charge in [-0.25, -0.2) is 14.5 Å². The third kappa shape index (κ3) is 2.25. The largest absolute Gasteiger partial charge is 0.477 e. The number of carbonyl (C=O) groups is 1. The van der Waals surface area contributed by atoms with Crippen LogP contribution in [0.1, 0.15) is 16.1 Å². The molecule has 0 aliphatic carbocycles. The summed E-state index contributed by atoms with van der Waals surface area (Å²) in [4.78, 5) is 14.9. The zero-order valence-corrected chi connectivity index (χ0v) is 9.41. The highest BCUT2D eigenvalue weighted by atomic mass is 16.5. The van der Waals surface area contributed by atoms with Crippen LogP contribution in [-0.2, 0) is 7.05 Å². The summed E-state index contributed by atoms with van der Waals surface area (Å²) in [6.45, 7) is 1.82. The smallest absolute Gasteiger partial charge is 0.341 e. The van der Waals surface area contributed by atoms with Crippen molar-refractivity contribution in [2.24, 2.45) is 7.05 Å². The van der Waals surface area contributed by atoms with E-state index in [9.17, 15) is 4.79 Å². The predicted octanol–water partition coefficient (Wildman–Crippen LogP) is 1.61. The minimum Gasteiger partial charge on any atom is -0.477 e. The first kappa shape index (κ1) is 11.1. The van der Waals surface area contributed by atoms with Crippen molar-refractivity contribution in [2.45, 2.75) is 6.92 Å². The van der Waals surface area contributed by atoms with Gasteiger partial charge in [0.05, 0.1) is 5.69 Å². The summed E-state index contributed by atoms with van der Waals surface area (Å²) in [6, 6.07) is 4.69. The molecule has 6 heteroatoms. The van der Waals surface area contributed by atoms with Gasteiger partial charge in [-0.2, -0.15) is 5.10 Å². The van der Waals surface area contributed by atoms with Crippen molar-refractivity contribution < 1.29 is 14.6 Å². The van der Waals surface area contributed by atoms with E-state index in [0.717, 1.165) is 5.69 Å². The molecule has 0 fully saturated rings. The molecule has 6 nitrogen and oxygen atoms in total. The fourth-order valence-electron chi connectivity index (χ4n) is 1.42. The summed E-state index contributed by atoms with van der Waals surface area (Å²) in [6.07, 6.45) is 1.48. The van der Waals surface area contributed by atoms with Crippen LogP contribution in [-0.4, -0.2) is 25.8 Å². The second kappa shape index (κ2) is 4.25. The maximum Gasteiger partial charge on any atom is 0.341 e. The number of aromatic nitrogens is 3. The number of rotatable bonds is 3. The van der Waals surface area contributed by atoms with Gasteiger partial charge in [0.1, 0.15) is 5.56 Å². The summed E-state index contributed by atoms with van der Waals surface area (Å²) in [5.74, 6) is -0.571. The average Bonchev–Trinajstić information content (AvgIpc) is 2.58. The van der Waals surface area contributed by atoms with Crippen LogP contribution in [0, 0.1) is 6.92 Å². The first-order valence-corrected chi connectivity index (χ1v) is 4.94. The monoisotopic (exact) mass is 233 g/mol. The zero-order chi connectivity index (χ0) is 12.4. The van der Waals surface area contributed by atoms with Crippen molar-refractivity contribution in [2.75, 3.05) is 0 Å². The molecule has 2 heterocycles. The van der Waals surface area contributed by atoms with Crippen LogP contribution in [0.2, 0.25) is 0 Å². The van der Waals surface area contributed by atoms with Gasteiger partial charge in [0, 0.05) is 19.3 Å². The lowest BCUT2D eigenvalue weighted by molar-refractivity contribution is 0.0693. The zero-order valence-electron chi connectivity index (χ0n) is 9.41. The summed E-state index contributed by atoms with van der Waals surface area (Å²) >= 11 is 0. The van der Waals surface area contributed by atoms with Crippen LogP contribution in [0.15, 0.2) is 24.4 Å². The number of carboxylic acid groups (broad SMARTS) is 1. The fraction of sp³-hybridized carbons (Fsp3) is 0.182. The molecule has 0 radical (unpaired) electrons. The predicted molar refractivity (Wildman–Crippen MR) is 59.2 cm³/mol. The molecule has 2 aromatic heterocycles. The second-order valence-electron chi connectivity index (χ2n) is 3.51. The normalized spacial score (nSPS) is 10.2. The number of hydrogen-bond acceptors (Lipinski definition) is 4. The van der Waals surface area contributed by atoms with E-state index in [1.807, 2.05) is 6.92 Å². The highest BCUT2D eigenvalue weighted by Gasteiger charge is 2.14. The lowest BCUT2D eigenvalue weighted by Gasteiger charge is -2.06. The highest BCUT2D eigenvalue weighted by molar-refractivity contribution is 5.90. The Morgan fingerprint density at radius 1 is 1.53 bits per heavy atom. The summed E-state index contributed by atoms with van der Waals surface area (Å²) < 4.78 is 6.95. The van der Waals surface area contributed by atoms with E-state index < -0.39 is 5.97 Å². The van der Waals surface area contributed by atoms with E-state index in [-0.39, 0.29) is 11.4 Å². The fourth-order valence-corrected chi connectivity index (χ4v) is 1.42. The Morgan fingerprint density at radius 3 is 2.88 bits per heavy atom. The molecule has 2 aromatic rings. The molecule has 0 bridgehead atoms. The molecule has 17 heavy (non-hydrogen) atoms. The van der Waals surface area contributed by atoms with Gasteiger partial charge >= 0.3 is 5.97 Å². The molecule has 0 saturated carbocycles. The van der Waals surface area contributed by atoms with Gasteiger partial charge in [-0.1, -0.05) is 0 Å². The Kier molecular flexibility index (Phi) is 2.78. The topological polar surface area (TPSA) is 77.2 Å². The van der Waals surface area contributed by atoms with Crippen molar-refractivity contribution in [3.05, 3.63) is 35.7 Å². The molecular formula is C11H11N3O3. The van der Waals surface area contributed by atoms with E-state index >= 15 is 0 Å².